The highest BCUT2D eigenvalue weighted by Crippen LogP contribution is 2.27. The number of rotatable bonds is 4. The lowest BCUT2D eigenvalue weighted by Crippen LogP contribution is -2.11. The van der Waals surface area contributed by atoms with Gasteiger partial charge in [-0.3, -0.25) is 0 Å². The van der Waals surface area contributed by atoms with E-state index in [4.69, 9.17) is 15.7 Å². The van der Waals surface area contributed by atoms with Crippen LogP contribution in [-0.4, -0.2) is 19.4 Å². The molecular formula is C10H12N2OS. The molecule has 4 heteroatoms. The number of thioether (sulfide) groups is 1. The first-order chi connectivity index (χ1) is 6.83. The van der Waals surface area contributed by atoms with Gasteiger partial charge in [-0.15, -0.1) is 11.8 Å². The lowest BCUT2D eigenvalue weighted by molar-refractivity contribution is 0.326. The topological polar surface area (TPSA) is 59.0 Å². The van der Waals surface area contributed by atoms with Gasteiger partial charge in [0.15, 0.2) is 0 Å². The Bertz CT molecular complexity index is 346. The average molecular weight is 208 g/mol. The minimum atomic E-state index is 0.437. The van der Waals surface area contributed by atoms with Gasteiger partial charge >= 0.3 is 0 Å². The van der Waals surface area contributed by atoms with Crippen molar-refractivity contribution in [1.82, 2.24) is 0 Å². The highest BCUT2D eigenvalue weighted by molar-refractivity contribution is 7.98. The summed E-state index contributed by atoms with van der Waals surface area (Å²) in [6.07, 6.45) is 1.93. The minimum absolute atomic E-state index is 0.437. The van der Waals surface area contributed by atoms with Gasteiger partial charge in [-0.2, -0.15) is 5.26 Å². The minimum Gasteiger partial charge on any atom is -0.491 e. The molecule has 0 spiro atoms. The molecule has 0 heterocycles. The van der Waals surface area contributed by atoms with Crippen LogP contribution in [0.2, 0.25) is 0 Å². The van der Waals surface area contributed by atoms with E-state index < -0.39 is 0 Å². The second kappa shape index (κ2) is 5.53. The van der Waals surface area contributed by atoms with Gasteiger partial charge in [0, 0.05) is 11.4 Å². The zero-order valence-corrected chi connectivity index (χ0v) is 8.80. The van der Waals surface area contributed by atoms with Gasteiger partial charge in [0.1, 0.15) is 24.0 Å². The van der Waals surface area contributed by atoms with Crippen LogP contribution in [0, 0.1) is 11.3 Å². The Balaban J connectivity index is 2.98. The van der Waals surface area contributed by atoms with E-state index in [-0.39, 0.29) is 0 Å². The Hall–Kier alpha value is -1.18. The molecule has 1 aromatic carbocycles. The quantitative estimate of drug-likeness (QED) is 0.764. The van der Waals surface area contributed by atoms with Crippen LogP contribution in [0.5, 0.6) is 5.75 Å². The van der Waals surface area contributed by atoms with Crippen molar-refractivity contribution in [3.8, 4) is 11.8 Å². The van der Waals surface area contributed by atoms with Gasteiger partial charge < -0.3 is 10.5 Å². The number of ether oxygens (including phenoxy) is 1. The van der Waals surface area contributed by atoms with E-state index in [0.717, 1.165) is 4.90 Å². The van der Waals surface area contributed by atoms with E-state index in [0.29, 0.717) is 24.5 Å². The van der Waals surface area contributed by atoms with Gasteiger partial charge in [-0.1, -0.05) is 6.07 Å². The summed E-state index contributed by atoms with van der Waals surface area (Å²) < 4.78 is 5.36. The molecule has 0 aliphatic rings. The fraction of sp³-hybridized carbons (Fsp3) is 0.300. The third-order valence-electron chi connectivity index (χ3n) is 1.70. The Kier molecular flexibility index (Phi) is 4.30. The summed E-state index contributed by atoms with van der Waals surface area (Å²) in [4.78, 5) is 0.932. The van der Waals surface area contributed by atoms with Crippen LogP contribution in [-0.2, 0) is 0 Å². The SMILES string of the molecule is CSc1cccc(OCCN)c1C#N. The highest BCUT2D eigenvalue weighted by atomic mass is 32.2. The van der Waals surface area contributed by atoms with E-state index in [1.807, 2.05) is 18.4 Å². The molecule has 0 amide bonds. The van der Waals surface area contributed by atoms with Crippen molar-refractivity contribution in [3.05, 3.63) is 23.8 Å². The summed E-state index contributed by atoms with van der Waals surface area (Å²) in [5.41, 5.74) is 5.92. The maximum Gasteiger partial charge on any atom is 0.138 e. The second-order valence-corrected chi connectivity index (χ2v) is 3.43. The van der Waals surface area contributed by atoms with Crippen molar-refractivity contribution >= 4 is 11.8 Å². The van der Waals surface area contributed by atoms with Crippen LogP contribution >= 0.6 is 11.8 Å². The van der Waals surface area contributed by atoms with Crippen LogP contribution in [0.3, 0.4) is 0 Å². The molecule has 0 saturated heterocycles. The number of nitrogens with two attached hydrogens (primary N) is 1. The monoisotopic (exact) mass is 208 g/mol. The molecule has 0 bridgehead atoms. The van der Waals surface area contributed by atoms with Gasteiger partial charge in [0.25, 0.3) is 0 Å². The van der Waals surface area contributed by atoms with Crippen LogP contribution in [0.15, 0.2) is 23.1 Å². The predicted molar refractivity (Wildman–Crippen MR) is 57.5 cm³/mol. The molecule has 0 radical (unpaired) electrons. The number of benzene rings is 1. The molecule has 14 heavy (non-hydrogen) atoms. The molecule has 1 aromatic rings. The molecule has 74 valence electrons. The molecular weight excluding hydrogens is 196 g/mol. The molecule has 0 atom stereocenters. The Morgan fingerprint density at radius 3 is 2.93 bits per heavy atom. The van der Waals surface area contributed by atoms with Gasteiger partial charge in [0.2, 0.25) is 0 Å². The summed E-state index contributed by atoms with van der Waals surface area (Å²) in [7, 11) is 0. The third kappa shape index (κ3) is 2.41. The third-order valence-corrected chi connectivity index (χ3v) is 2.48. The molecule has 0 aromatic heterocycles. The van der Waals surface area contributed by atoms with E-state index in [1.165, 1.54) is 11.8 Å². The van der Waals surface area contributed by atoms with Crippen molar-refractivity contribution in [2.45, 2.75) is 4.90 Å². The first-order valence-corrected chi connectivity index (χ1v) is 5.46. The van der Waals surface area contributed by atoms with Crippen LogP contribution < -0.4 is 10.5 Å². The maximum atomic E-state index is 8.96. The van der Waals surface area contributed by atoms with E-state index in [9.17, 15) is 0 Å². The fourth-order valence-electron chi connectivity index (χ4n) is 1.08. The van der Waals surface area contributed by atoms with Crippen molar-refractivity contribution in [3.63, 3.8) is 0 Å². The maximum absolute atomic E-state index is 8.96. The lowest BCUT2D eigenvalue weighted by atomic mass is 10.2. The van der Waals surface area contributed by atoms with Gasteiger partial charge in [-0.05, 0) is 18.4 Å². The number of nitriles is 1. The summed E-state index contributed by atoms with van der Waals surface area (Å²) in [6.45, 7) is 0.890. The predicted octanol–water partition coefficient (Wildman–Crippen LogP) is 1.62. The summed E-state index contributed by atoms with van der Waals surface area (Å²) in [5.74, 6) is 0.616. The molecule has 1 rings (SSSR count). The zero-order chi connectivity index (χ0) is 10.4. The molecule has 0 aliphatic heterocycles. The number of nitrogens with zero attached hydrogens (tertiary/aromatic N) is 1. The van der Waals surface area contributed by atoms with E-state index in [2.05, 4.69) is 6.07 Å². The van der Waals surface area contributed by atoms with Crippen LogP contribution in [0.25, 0.3) is 0 Å². The molecule has 2 N–H and O–H groups in total. The first kappa shape index (κ1) is 10.9. The number of hydrogen-bond acceptors (Lipinski definition) is 4. The van der Waals surface area contributed by atoms with Crippen LogP contribution in [0.4, 0.5) is 0 Å². The summed E-state index contributed by atoms with van der Waals surface area (Å²) >= 11 is 1.53. The van der Waals surface area contributed by atoms with E-state index >= 15 is 0 Å². The van der Waals surface area contributed by atoms with Gasteiger partial charge in [-0.25, -0.2) is 0 Å². The zero-order valence-electron chi connectivity index (χ0n) is 7.99. The summed E-state index contributed by atoms with van der Waals surface area (Å²) in [5, 5.41) is 8.96. The molecule has 0 fully saturated rings. The Labute approximate surface area is 87.9 Å². The van der Waals surface area contributed by atoms with Crippen molar-refractivity contribution in [2.75, 3.05) is 19.4 Å². The van der Waals surface area contributed by atoms with Crippen molar-refractivity contribution in [1.29, 1.82) is 5.26 Å². The smallest absolute Gasteiger partial charge is 0.138 e. The average Bonchev–Trinajstić information content (AvgIpc) is 2.25. The fourth-order valence-corrected chi connectivity index (χ4v) is 1.65. The lowest BCUT2D eigenvalue weighted by Gasteiger charge is -2.08. The standard InChI is InChI=1S/C10H12N2OS/c1-14-10-4-2-3-9(8(10)7-12)13-6-5-11/h2-4H,5-6,11H2,1H3. The van der Waals surface area contributed by atoms with Crippen molar-refractivity contribution < 1.29 is 4.74 Å². The van der Waals surface area contributed by atoms with Gasteiger partial charge in [0.05, 0.1) is 0 Å². The largest absolute Gasteiger partial charge is 0.491 e. The van der Waals surface area contributed by atoms with Crippen molar-refractivity contribution in [2.24, 2.45) is 5.73 Å². The highest BCUT2D eigenvalue weighted by Gasteiger charge is 2.07. The van der Waals surface area contributed by atoms with Crippen LogP contribution in [0.1, 0.15) is 5.56 Å². The molecule has 0 saturated carbocycles. The normalized spacial score (nSPS) is 9.50. The first-order valence-electron chi connectivity index (χ1n) is 4.23. The second-order valence-electron chi connectivity index (χ2n) is 2.58. The van der Waals surface area contributed by atoms with E-state index in [1.54, 1.807) is 6.07 Å². The Morgan fingerprint density at radius 2 is 2.36 bits per heavy atom. The number of hydrogen-bond donors (Lipinski definition) is 1. The molecule has 0 aliphatic carbocycles. The molecule has 0 unspecified atom stereocenters. The molecule has 3 nitrogen and oxygen atoms in total. The Morgan fingerprint density at radius 1 is 1.57 bits per heavy atom. The summed E-state index contributed by atoms with van der Waals surface area (Å²) in [6, 6.07) is 7.70.